The maximum atomic E-state index is 14.8. The van der Waals surface area contributed by atoms with E-state index in [0.29, 0.717) is 16.8 Å². The standard InChI is InChI=1S/C26H29F2N5O2/c1-14(2)20-8-9-21(29-25(20)28)24(30-26(35)23-12-19(27)13-33(23)16(4)34)18-7-5-6-17(11-18)22-10-15(3)31-32-22/h5-11,14,19,23-24H,12-13H2,1-4H3,(H,30,35)(H,31,32). The molecule has 2 amide bonds. The normalized spacial score (nSPS) is 18.7. The molecule has 3 heterocycles. The third kappa shape index (κ3) is 5.23. The Morgan fingerprint density at radius 3 is 2.60 bits per heavy atom. The third-order valence-electron chi connectivity index (χ3n) is 6.30. The van der Waals surface area contributed by atoms with Crippen molar-refractivity contribution in [2.45, 2.75) is 58.3 Å². The van der Waals surface area contributed by atoms with Gasteiger partial charge in [-0.25, -0.2) is 9.37 Å². The molecule has 1 saturated heterocycles. The van der Waals surface area contributed by atoms with E-state index >= 15 is 0 Å². The number of aromatic nitrogens is 3. The van der Waals surface area contributed by atoms with Crippen LogP contribution in [0.2, 0.25) is 0 Å². The molecule has 0 saturated carbocycles. The summed E-state index contributed by atoms with van der Waals surface area (Å²) in [6, 6.07) is 10.9. The number of benzene rings is 1. The molecule has 35 heavy (non-hydrogen) atoms. The topological polar surface area (TPSA) is 91.0 Å². The number of alkyl halides is 1. The van der Waals surface area contributed by atoms with Crippen LogP contribution in [0.3, 0.4) is 0 Å². The van der Waals surface area contributed by atoms with Gasteiger partial charge in [0, 0.05) is 18.9 Å². The van der Waals surface area contributed by atoms with Crippen molar-refractivity contribution in [2.75, 3.05) is 6.54 Å². The number of nitrogens with zero attached hydrogens (tertiary/aromatic N) is 3. The van der Waals surface area contributed by atoms with Gasteiger partial charge in [-0.05, 0) is 42.2 Å². The van der Waals surface area contributed by atoms with Crippen LogP contribution in [0.25, 0.3) is 11.3 Å². The van der Waals surface area contributed by atoms with Gasteiger partial charge in [0.15, 0.2) is 0 Å². The van der Waals surface area contributed by atoms with Gasteiger partial charge in [-0.15, -0.1) is 0 Å². The number of nitrogens with one attached hydrogen (secondary N) is 2. The van der Waals surface area contributed by atoms with Crippen LogP contribution in [0.4, 0.5) is 8.78 Å². The highest BCUT2D eigenvalue weighted by molar-refractivity contribution is 5.88. The summed E-state index contributed by atoms with van der Waals surface area (Å²) < 4.78 is 28.9. The lowest BCUT2D eigenvalue weighted by molar-refractivity contribution is -0.137. The molecule has 1 aliphatic rings. The summed E-state index contributed by atoms with van der Waals surface area (Å²) in [5, 5.41) is 10.0. The number of carbonyl (C=O) groups excluding carboxylic acids is 2. The number of amides is 2. The van der Waals surface area contributed by atoms with E-state index in [1.165, 1.54) is 11.8 Å². The van der Waals surface area contributed by atoms with Crippen LogP contribution in [0, 0.1) is 12.9 Å². The van der Waals surface area contributed by atoms with Crippen molar-refractivity contribution >= 4 is 11.8 Å². The zero-order valence-corrected chi connectivity index (χ0v) is 20.2. The summed E-state index contributed by atoms with van der Waals surface area (Å²) in [5.74, 6) is -1.54. The molecule has 184 valence electrons. The summed E-state index contributed by atoms with van der Waals surface area (Å²) >= 11 is 0. The fourth-order valence-corrected chi connectivity index (χ4v) is 4.45. The molecule has 1 aliphatic heterocycles. The number of likely N-dealkylation sites (tertiary alicyclic amines) is 1. The first-order valence-corrected chi connectivity index (χ1v) is 11.6. The van der Waals surface area contributed by atoms with Crippen LogP contribution in [0.15, 0.2) is 42.5 Å². The predicted octanol–water partition coefficient (Wildman–Crippen LogP) is 4.21. The average Bonchev–Trinajstić information content (AvgIpc) is 3.43. The number of H-pyrrole nitrogens is 1. The number of halogens is 2. The Morgan fingerprint density at radius 1 is 1.20 bits per heavy atom. The van der Waals surface area contributed by atoms with Crippen molar-refractivity contribution in [3.63, 3.8) is 0 Å². The molecular weight excluding hydrogens is 452 g/mol. The number of rotatable bonds is 6. The molecule has 3 atom stereocenters. The van der Waals surface area contributed by atoms with E-state index in [2.05, 4.69) is 20.5 Å². The molecule has 9 heteroatoms. The van der Waals surface area contributed by atoms with Crippen LogP contribution >= 0.6 is 0 Å². The molecule has 3 aromatic rings. The Bertz CT molecular complexity index is 1240. The lowest BCUT2D eigenvalue weighted by Gasteiger charge is -2.26. The van der Waals surface area contributed by atoms with Gasteiger partial charge in [-0.1, -0.05) is 38.1 Å². The molecule has 7 nitrogen and oxygen atoms in total. The molecule has 0 bridgehead atoms. The highest BCUT2D eigenvalue weighted by Gasteiger charge is 2.39. The molecule has 2 N–H and O–H groups in total. The van der Waals surface area contributed by atoms with Crippen LogP contribution in [-0.4, -0.2) is 50.7 Å². The van der Waals surface area contributed by atoms with Gasteiger partial charge in [0.2, 0.25) is 17.8 Å². The largest absolute Gasteiger partial charge is 0.342 e. The number of carbonyl (C=O) groups is 2. The number of hydrogen-bond donors (Lipinski definition) is 2. The minimum atomic E-state index is -1.28. The molecular formula is C26H29F2N5O2. The second-order valence-electron chi connectivity index (χ2n) is 9.28. The Morgan fingerprint density at radius 2 is 1.97 bits per heavy atom. The zero-order valence-electron chi connectivity index (χ0n) is 20.2. The van der Waals surface area contributed by atoms with Crippen molar-refractivity contribution in [2.24, 2.45) is 0 Å². The Labute approximate surface area is 202 Å². The minimum Gasteiger partial charge on any atom is -0.342 e. The van der Waals surface area contributed by atoms with Crippen molar-refractivity contribution < 1.29 is 18.4 Å². The van der Waals surface area contributed by atoms with Crippen molar-refractivity contribution in [3.05, 3.63) is 70.9 Å². The van der Waals surface area contributed by atoms with Crippen molar-refractivity contribution in [3.8, 4) is 11.3 Å². The molecule has 0 radical (unpaired) electrons. The summed E-state index contributed by atoms with van der Waals surface area (Å²) in [6.45, 7) is 6.81. The molecule has 3 unspecified atom stereocenters. The second-order valence-corrected chi connectivity index (χ2v) is 9.28. The van der Waals surface area contributed by atoms with E-state index < -0.39 is 30.1 Å². The smallest absolute Gasteiger partial charge is 0.243 e. The fourth-order valence-electron chi connectivity index (χ4n) is 4.45. The highest BCUT2D eigenvalue weighted by Crippen LogP contribution is 2.29. The third-order valence-corrected chi connectivity index (χ3v) is 6.30. The second kappa shape index (κ2) is 9.93. The van der Waals surface area contributed by atoms with Gasteiger partial charge in [-0.3, -0.25) is 14.7 Å². The van der Waals surface area contributed by atoms with E-state index in [1.807, 2.05) is 51.1 Å². The number of hydrogen-bond acceptors (Lipinski definition) is 4. The lowest BCUT2D eigenvalue weighted by atomic mass is 9.97. The number of pyridine rings is 1. The van der Waals surface area contributed by atoms with Gasteiger partial charge in [-0.2, -0.15) is 9.49 Å². The van der Waals surface area contributed by atoms with E-state index in [1.54, 1.807) is 12.1 Å². The zero-order chi connectivity index (χ0) is 25.3. The van der Waals surface area contributed by atoms with E-state index in [9.17, 15) is 18.4 Å². The van der Waals surface area contributed by atoms with Gasteiger partial charge in [0.25, 0.3) is 0 Å². The first-order chi connectivity index (χ1) is 16.6. The van der Waals surface area contributed by atoms with Gasteiger partial charge in [0.05, 0.1) is 29.7 Å². The molecule has 0 spiro atoms. The Balaban J connectivity index is 1.73. The van der Waals surface area contributed by atoms with Crippen LogP contribution < -0.4 is 5.32 Å². The SMILES string of the molecule is CC(=O)N1CC(F)CC1C(=O)NC(c1cccc(-c2cc(C)n[nH]2)c1)c1ccc(C(C)C)c(F)n1. The number of aryl methyl sites for hydroxylation is 1. The van der Waals surface area contributed by atoms with Gasteiger partial charge >= 0.3 is 0 Å². The summed E-state index contributed by atoms with van der Waals surface area (Å²) in [5.41, 5.74) is 3.90. The van der Waals surface area contributed by atoms with Gasteiger partial charge in [0.1, 0.15) is 12.2 Å². The van der Waals surface area contributed by atoms with Crippen molar-refractivity contribution in [1.29, 1.82) is 0 Å². The van der Waals surface area contributed by atoms with E-state index in [4.69, 9.17) is 0 Å². The first kappa shape index (κ1) is 24.5. The van der Waals surface area contributed by atoms with Crippen LogP contribution in [0.5, 0.6) is 0 Å². The van der Waals surface area contributed by atoms with Crippen molar-refractivity contribution in [1.82, 2.24) is 25.4 Å². The summed E-state index contributed by atoms with van der Waals surface area (Å²) in [4.78, 5) is 30.7. The summed E-state index contributed by atoms with van der Waals surface area (Å²) in [7, 11) is 0. The Kier molecular flexibility index (Phi) is 6.95. The fraction of sp³-hybridized carbons (Fsp3) is 0.385. The average molecular weight is 482 g/mol. The van der Waals surface area contributed by atoms with E-state index in [-0.39, 0.29) is 24.8 Å². The maximum absolute atomic E-state index is 14.8. The highest BCUT2D eigenvalue weighted by atomic mass is 19.1. The van der Waals surface area contributed by atoms with E-state index in [0.717, 1.165) is 17.0 Å². The predicted molar refractivity (Wildman–Crippen MR) is 128 cm³/mol. The Hall–Kier alpha value is -3.62. The first-order valence-electron chi connectivity index (χ1n) is 11.6. The minimum absolute atomic E-state index is 0.0550. The van der Waals surface area contributed by atoms with Crippen LogP contribution in [0.1, 0.15) is 61.7 Å². The quantitative estimate of drug-likeness (QED) is 0.516. The maximum Gasteiger partial charge on any atom is 0.243 e. The lowest BCUT2D eigenvalue weighted by Crippen LogP contribution is -2.46. The molecule has 2 aromatic heterocycles. The monoisotopic (exact) mass is 481 g/mol. The molecule has 1 aromatic carbocycles. The molecule has 4 rings (SSSR count). The van der Waals surface area contributed by atoms with Crippen LogP contribution in [-0.2, 0) is 9.59 Å². The van der Waals surface area contributed by atoms with Gasteiger partial charge < -0.3 is 10.2 Å². The summed E-state index contributed by atoms with van der Waals surface area (Å²) in [6.07, 6.45) is -1.36. The number of aromatic amines is 1. The molecule has 1 fully saturated rings. The molecule has 0 aliphatic carbocycles.